The normalized spacial score (nSPS) is 12.0. The van der Waals surface area contributed by atoms with Crippen LogP contribution in [0.1, 0.15) is 11.1 Å². The molecule has 2 rings (SSSR count). The lowest BCUT2D eigenvalue weighted by Gasteiger charge is -2.12. The number of rotatable bonds is 8. The van der Waals surface area contributed by atoms with Crippen molar-refractivity contribution in [2.45, 2.75) is 18.3 Å². The molecule has 0 bridgehead atoms. The van der Waals surface area contributed by atoms with Crippen LogP contribution in [0, 0.1) is 0 Å². The van der Waals surface area contributed by atoms with Gasteiger partial charge in [-0.25, -0.2) is 0 Å². The molecule has 21 heavy (non-hydrogen) atoms. The monoisotopic (exact) mass is 302 g/mol. The van der Waals surface area contributed by atoms with E-state index in [1.54, 1.807) is 0 Å². The fourth-order valence-electron chi connectivity index (χ4n) is 1.91. The molecule has 0 aliphatic carbocycles. The summed E-state index contributed by atoms with van der Waals surface area (Å²) < 4.78 is 5.54. The number of ether oxygens (including phenoxy) is 1. The number of carbonyl (C=O) groups is 1. The standard InChI is InChI=1S/C17H18O3S/c18-17(19)16(11-14-7-3-1-4-8-14)21-13-20-12-15-9-5-2-6-10-15/h1-10,16H,11-13H2,(H,18,19). The highest BCUT2D eigenvalue weighted by molar-refractivity contribution is 8.00. The first kappa shape index (κ1) is 15.6. The van der Waals surface area contributed by atoms with Gasteiger partial charge in [0.15, 0.2) is 0 Å². The van der Waals surface area contributed by atoms with E-state index in [9.17, 15) is 9.90 Å². The van der Waals surface area contributed by atoms with Crippen molar-refractivity contribution in [3.63, 3.8) is 0 Å². The van der Waals surface area contributed by atoms with Crippen molar-refractivity contribution in [2.24, 2.45) is 0 Å². The molecular weight excluding hydrogens is 284 g/mol. The number of hydrogen-bond donors (Lipinski definition) is 1. The molecule has 0 heterocycles. The Kier molecular flexibility index (Phi) is 6.31. The Hall–Kier alpha value is -1.78. The van der Waals surface area contributed by atoms with Crippen LogP contribution in [0.2, 0.25) is 0 Å². The summed E-state index contributed by atoms with van der Waals surface area (Å²) in [6.07, 6.45) is 0.509. The molecule has 1 N–H and O–H groups in total. The third kappa shape index (κ3) is 5.61. The Balaban J connectivity index is 1.77. The second kappa shape index (κ2) is 8.49. The summed E-state index contributed by atoms with van der Waals surface area (Å²) in [4.78, 5) is 11.3. The summed E-state index contributed by atoms with van der Waals surface area (Å²) in [7, 11) is 0. The van der Waals surface area contributed by atoms with Crippen molar-refractivity contribution in [2.75, 3.05) is 5.94 Å². The Labute approximate surface area is 129 Å². The topological polar surface area (TPSA) is 46.5 Å². The quantitative estimate of drug-likeness (QED) is 0.598. The van der Waals surface area contributed by atoms with Gasteiger partial charge in [0.1, 0.15) is 5.25 Å². The molecule has 110 valence electrons. The van der Waals surface area contributed by atoms with E-state index in [-0.39, 0.29) is 0 Å². The van der Waals surface area contributed by atoms with Gasteiger partial charge in [0.05, 0.1) is 12.5 Å². The van der Waals surface area contributed by atoms with Gasteiger partial charge >= 0.3 is 5.97 Å². The fourth-order valence-corrected chi connectivity index (χ4v) is 2.71. The van der Waals surface area contributed by atoms with Crippen LogP contribution in [0.15, 0.2) is 60.7 Å². The van der Waals surface area contributed by atoms with Crippen molar-refractivity contribution in [3.8, 4) is 0 Å². The molecule has 4 heteroatoms. The highest BCUT2D eigenvalue weighted by Gasteiger charge is 2.18. The maximum atomic E-state index is 11.3. The molecule has 2 aromatic rings. The van der Waals surface area contributed by atoms with Crippen LogP contribution in [0.5, 0.6) is 0 Å². The Morgan fingerprint density at radius 2 is 1.57 bits per heavy atom. The van der Waals surface area contributed by atoms with Crippen LogP contribution >= 0.6 is 11.8 Å². The van der Waals surface area contributed by atoms with E-state index in [4.69, 9.17) is 4.74 Å². The Morgan fingerprint density at radius 1 is 1.00 bits per heavy atom. The van der Waals surface area contributed by atoms with E-state index < -0.39 is 11.2 Å². The van der Waals surface area contributed by atoms with Gasteiger partial charge in [-0.15, -0.1) is 11.8 Å². The van der Waals surface area contributed by atoms with Gasteiger partial charge in [-0.3, -0.25) is 4.79 Å². The molecule has 1 atom stereocenters. The smallest absolute Gasteiger partial charge is 0.317 e. The summed E-state index contributed by atoms with van der Waals surface area (Å²) in [5.74, 6) is -0.425. The van der Waals surface area contributed by atoms with Gasteiger partial charge in [0, 0.05) is 0 Å². The molecule has 0 radical (unpaired) electrons. The van der Waals surface area contributed by atoms with Crippen LogP contribution < -0.4 is 0 Å². The number of carboxylic acid groups (broad SMARTS) is 1. The van der Waals surface area contributed by atoms with Gasteiger partial charge in [-0.2, -0.15) is 0 Å². The third-order valence-electron chi connectivity index (χ3n) is 3.00. The second-order valence-corrected chi connectivity index (χ2v) is 5.77. The van der Waals surface area contributed by atoms with E-state index in [1.165, 1.54) is 11.8 Å². The van der Waals surface area contributed by atoms with E-state index >= 15 is 0 Å². The number of benzene rings is 2. The van der Waals surface area contributed by atoms with Gasteiger partial charge in [-0.05, 0) is 17.5 Å². The first-order chi connectivity index (χ1) is 10.3. The number of aliphatic carboxylic acids is 1. The maximum absolute atomic E-state index is 11.3. The molecule has 0 saturated carbocycles. The van der Waals surface area contributed by atoms with Crippen LogP contribution in [0.4, 0.5) is 0 Å². The highest BCUT2D eigenvalue weighted by Crippen LogP contribution is 2.18. The maximum Gasteiger partial charge on any atom is 0.317 e. The largest absolute Gasteiger partial charge is 0.480 e. The minimum atomic E-state index is -0.799. The lowest BCUT2D eigenvalue weighted by atomic mass is 10.1. The molecule has 0 aliphatic heterocycles. The molecule has 1 unspecified atom stereocenters. The van der Waals surface area contributed by atoms with Gasteiger partial charge < -0.3 is 9.84 Å². The summed E-state index contributed by atoms with van der Waals surface area (Å²) >= 11 is 1.32. The average molecular weight is 302 g/mol. The summed E-state index contributed by atoms with van der Waals surface area (Å²) in [5.41, 5.74) is 2.12. The first-order valence-electron chi connectivity index (χ1n) is 6.75. The van der Waals surface area contributed by atoms with Crippen LogP contribution in [0.25, 0.3) is 0 Å². The third-order valence-corrected chi connectivity index (χ3v) is 4.08. The summed E-state index contributed by atoms with van der Waals surface area (Å²) in [6.45, 7) is 0.505. The second-order valence-electron chi connectivity index (χ2n) is 4.64. The molecule has 3 nitrogen and oxygen atoms in total. The predicted octanol–water partition coefficient (Wildman–Crippen LogP) is 3.59. The van der Waals surface area contributed by atoms with Crippen molar-refractivity contribution in [1.29, 1.82) is 0 Å². The predicted molar refractivity (Wildman–Crippen MR) is 85.3 cm³/mol. The molecule has 2 aromatic carbocycles. The first-order valence-corrected chi connectivity index (χ1v) is 7.80. The number of hydrogen-bond acceptors (Lipinski definition) is 3. The minimum Gasteiger partial charge on any atom is -0.480 e. The highest BCUT2D eigenvalue weighted by atomic mass is 32.2. The number of thioether (sulfide) groups is 1. The Morgan fingerprint density at radius 3 is 2.14 bits per heavy atom. The minimum absolute atomic E-state index is 0.374. The fraction of sp³-hybridized carbons (Fsp3) is 0.235. The van der Waals surface area contributed by atoms with Crippen LogP contribution in [0.3, 0.4) is 0 Å². The summed E-state index contributed by atoms with van der Waals surface area (Å²) in [6, 6.07) is 19.5. The zero-order valence-corrected chi connectivity index (χ0v) is 12.5. The van der Waals surface area contributed by atoms with E-state index in [1.807, 2.05) is 60.7 Å². The van der Waals surface area contributed by atoms with Crippen molar-refractivity contribution in [1.82, 2.24) is 0 Å². The molecule has 0 fully saturated rings. The van der Waals surface area contributed by atoms with E-state index in [0.717, 1.165) is 11.1 Å². The van der Waals surface area contributed by atoms with Crippen LogP contribution in [-0.4, -0.2) is 22.3 Å². The number of carboxylic acids is 1. The van der Waals surface area contributed by atoms with Crippen molar-refractivity contribution < 1.29 is 14.6 Å². The zero-order valence-electron chi connectivity index (χ0n) is 11.6. The molecule has 0 aromatic heterocycles. The average Bonchev–Trinajstić information content (AvgIpc) is 2.52. The van der Waals surface area contributed by atoms with Crippen LogP contribution in [-0.2, 0) is 22.6 Å². The van der Waals surface area contributed by atoms with Gasteiger partial charge in [-0.1, -0.05) is 60.7 Å². The van der Waals surface area contributed by atoms with E-state index in [2.05, 4.69) is 0 Å². The van der Waals surface area contributed by atoms with Crippen molar-refractivity contribution >= 4 is 17.7 Å². The molecule has 0 spiro atoms. The lowest BCUT2D eigenvalue weighted by molar-refractivity contribution is -0.136. The summed E-state index contributed by atoms with van der Waals surface area (Å²) in [5, 5.41) is 8.79. The SMILES string of the molecule is O=C(O)C(Cc1ccccc1)SCOCc1ccccc1. The molecular formula is C17H18O3S. The zero-order chi connectivity index (χ0) is 14.9. The van der Waals surface area contributed by atoms with Gasteiger partial charge in [0.25, 0.3) is 0 Å². The molecule has 0 saturated heterocycles. The van der Waals surface area contributed by atoms with Crippen molar-refractivity contribution in [3.05, 3.63) is 71.8 Å². The Bertz CT molecular complexity index is 542. The molecule has 0 aliphatic rings. The lowest BCUT2D eigenvalue weighted by Crippen LogP contribution is -2.20. The van der Waals surface area contributed by atoms with Gasteiger partial charge in [0.2, 0.25) is 0 Å². The van der Waals surface area contributed by atoms with E-state index in [0.29, 0.717) is 19.0 Å². The molecule has 0 amide bonds.